The van der Waals surface area contributed by atoms with Crippen LogP contribution in [0.5, 0.6) is 0 Å². The Labute approximate surface area is 134 Å². The molecule has 0 aliphatic carbocycles. The van der Waals surface area contributed by atoms with Crippen LogP contribution in [0.1, 0.15) is 40.6 Å². The lowest BCUT2D eigenvalue weighted by molar-refractivity contribution is -0.141. The lowest BCUT2D eigenvalue weighted by atomic mass is 10.1. The number of rotatable bonds is 5. The van der Waals surface area contributed by atoms with Crippen molar-refractivity contribution in [1.82, 2.24) is 9.88 Å². The number of morpholine rings is 1. The molecule has 2 rings (SSSR count). The summed E-state index contributed by atoms with van der Waals surface area (Å²) in [6, 6.07) is 0. The number of amides is 1. The van der Waals surface area contributed by atoms with Gasteiger partial charge in [-0.3, -0.25) is 9.59 Å². The average Bonchev–Trinajstić information content (AvgIpc) is 2.77. The fourth-order valence-electron chi connectivity index (χ4n) is 2.45. The molecule has 1 saturated heterocycles. The molecule has 2 heterocycles. The zero-order chi connectivity index (χ0) is 16.3. The summed E-state index contributed by atoms with van der Waals surface area (Å²) < 4.78 is 5.41. The van der Waals surface area contributed by atoms with E-state index in [4.69, 9.17) is 9.84 Å². The summed E-state index contributed by atoms with van der Waals surface area (Å²) >= 11 is 1.45. The molecule has 0 aromatic carbocycles. The molecule has 0 bridgehead atoms. The maximum absolute atomic E-state index is 12.6. The van der Waals surface area contributed by atoms with Crippen molar-refractivity contribution in [2.75, 3.05) is 19.7 Å². The number of carboxylic acids is 1. The van der Waals surface area contributed by atoms with Gasteiger partial charge < -0.3 is 14.7 Å². The van der Waals surface area contributed by atoms with Crippen LogP contribution in [0.2, 0.25) is 0 Å². The van der Waals surface area contributed by atoms with Crippen LogP contribution >= 0.6 is 11.3 Å². The van der Waals surface area contributed by atoms with Crippen LogP contribution in [0.4, 0.5) is 0 Å². The highest BCUT2D eigenvalue weighted by Crippen LogP contribution is 2.23. The highest BCUT2D eigenvalue weighted by Gasteiger charge is 2.28. The number of hydrogen-bond donors (Lipinski definition) is 1. The molecule has 22 heavy (non-hydrogen) atoms. The van der Waals surface area contributed by atoms with Crippen LogP contribution in [0.15, 0.2) is 0 Å². The van der Waals surface area contributed by atoms with E-state index in [1.165, 1.54) is 11.3 Å². The van der Waals surface area contributed by atoms with Gasteiger partial charge in [-0.15, -0.1) is 11.3 Å². The number of carboxylic acid groups (broad SMARTS) is 1. The first-order valence-corrected chi connectivity index (χ1v) is 8.27. The minimum Gasteiger partial charge on any atom is -0.481 e. The van der Waals surface area contributed by atoms with Crippen molar-refractivity contribution in [2.24, 2.45) is 5.92 Å². The molecule has 0 spiro atoms. The Kier molecular flexibility index (Phi) is 5.52. The third-order valence-corrected chi connectivity index (χ3v) is 4.61. The second-order valence-electron chi connectivity index (χ2n) is 5.96. The molecule has 1 aliphatic heterocycles. The highest BCUT2D eigenvalue weighted by atomic mass is 32.1. The third-order valence-electron chi connectivity index (χ3n) is 3.45. The number of aryl methyl sites for hydroxylation is 1. The van der Waals surface area contributed by atoms with Crippen molar-refractivity contribution in [2.45, 2.75) is 39.7 Å². The molecule has 1 atom stereocenters. The minimum atomic E-state index is -0.910. The van der Waals surface area contributed by atoms with E-state index in [0.29, 0.717) is 30.5 Å². The number of carbonyl (C=O) groups excluding carboxylic acids is 1. The molecule has 1 aromatic heterocycles. The van der Waals surface area contributed by atoms with Crippen molar-refractivity contribution in [3.8, 4) is 0 Å². The molecule has 1 amide bonds. The van der Waals surface area contributed by atoms with Gasteiger partial charge in [-0.1, -0.05) is 13.8 Å². The van der Waals surface area contributed by atoms with Crippen molar-refractivity contribution in [1.29, 1.82) is 0 Å². The molecule has 6 nitrogen and oxygen atoms in total. The Morgan fingerprint density at radius 1 is 1.50 bits per heavy atom. The molecule has 0 radical (unpaired) electrons. The summed E-state index contributed by atoms with van der Waals surface area (Å²) in [5.41, 5.74) is 0.756. The fourth-order valence-corrected chi connectivity index (χ4v) is 3.70. The summed E-state index contributed by atoms with van der Waals surface area (Å²) in [6.45, 7) is 7.28. The number of hydrogen-bond acceptors (Lipinski definition) is 5. The quantitative estimate of drug-likeness (QED) is 0.895. The Morgan fingerprint density at radius 3 is 2.86 bits per heavy atom. The lowest BCUT2D eigenvalue weighted by Gasteiger charge is -2.32. The van der Waals surface area contributed by atoms with Crippen LogP contribution in [0, 0.1) is 12.8 Å². The van der Waals surface area contributed by atoms with Gasteiger partial charge in [-0.2, -0.15) is 0 Å². The molecule has 1 N–H and O–H groups in total. The number of aliphatic carboxylic acids is 1. The van der Waals surface area contributed by atoms with Gasteiger partial charge in [0.1, 0.15) is 4.88 Å². The largest absolute Gasteiger partial charge is 0.481 e. The monoisotopic (exact) mass is 326 g/mol. The second kappa shape index (κ2) is 7.19. The van der Waals surface area contributed by atoms with Gasteiger partial charge in [-0.05, 0) is 12.8 Å². The van der Waals surface area contributed by atoms with Gasteiger partial charge in [0, 0.05) is 19.5 Å². The van der Waals surface area contributed by atoms with E-state index in [0.717, 1.165) is 17.1 Å². The molecule has 0 unspecified atom stereocenters. The predicted octanol–water partition coefficient (Wildman–Crippen LogP) is 1.97. The minimum absolute atomic E-state index is 0.0660. The lowest BCUT2D eigenvalue weighted by Crippen LogP contribution is -2.46. The number of ether oxygens (including phenoxy) is 1. The SMILES string of the molecule is Cc1nc(CC(C)C)sc1C(=O)N1CCO[C@H](CC(=O)O)C1. The molecule has 1 fully saturated rings. The van der Waals surface area contributed by atoms with Crippen LogP contribution < -0.4 is 0 Å². The zero-order valence-electron chi connectivity index (χ0n) is 13.2. The van der Waals surface area contributed by atoms with Crippen molar-refractivity contribution in [3.63, 3.8) is 0 Å². The fraction of sp³-hybridized carbons (Fsp3) is 0.667. The third kappa shape index (κ3) is 4.27. The van der Waals surface area contributed by atoms with Gasteiger partial charge in [0.2, 0.25) is 0 Å². The normalized spacial score (nSPS) is 18.7. The van der Waals surface area contributed by atoms with Gasteiger partial charge >= 0.3 is 5.97 Å². The Balaban J connectivity index is 2.07. The van der Waals surface area contributed by atoms with Crippen molar-refractivity contribution >= 4 is 23.2 Å². The second-order valence-corrected chi connectivity index (χ2v) is 7.05. The summed E-state index contributed by atoms with van der Waals surface area (Å²) in [6.07, 6.45) is 0.353. The predicted molar refractivity (Wildman–Crippen MR) is 83.3 cm³/mol. The van der Waals surface area contributed by atoms with E-state index in [1.807, 2.05) is 6.92 Å². The number of thiazole rings is 1. The van der Waals surface area contributed by atoms with Crippen molar-refractivity contribution < 1.29 is 19.4 Å². The number of carbonyl (C=O) groups is 2. The summed E-state index contributed by atoms with van der Waals surface area (Å²) in [7, 11) is 0. The highest BCUT2D eigenvalue weighted by molar-refractivity contribution is 7.13. The molecule has 0 saturated carbocycles. The number of aromatic nitrogens is 1. The van der Waals surface area contributed by atoms with Gasteiger partial charge in [0.25, 0.3) is 5.91 Å². The Hall–Kier alpha value is -1.47. The van der Waals surface area contributed by atoms with Crippen molar-refractivity contribution in [3.05, 3.63) is 15.6 Å². The summed E-state index contributed by atoms with van der Waals surface area (Å²) in [4.78, 5) is 30.2. The van der Waals surface area contributed by atoms with E-state index < -0.39 is 12.1 Å². The smallest absolute Gasteiger partial charge is 0.306 e. The van der Waals surface area contributed by atoms with Gasteiger partial charge in [0.05, 0.1) is 29.8 Å². The maximum atomic E-state index is 12.6. The molecule has 1 aromatic rings. The van der Waals surface area contributed by atoms with E-state index in [2.05, 4.69) is 18.8 Å². The first-order valence-electron chi connectivity index (χ1n) is 7.45. The Morgan fingerprint density at radius 2 is 2.23 bits per heavy atom. The summed E-state index contributed by atoms with van der Waals surface area (Å²) in [5, 5.41) is 9.83. The molecule has 7 heteroatoms. The standard InChI is InChI=1S/C15H22N2O4S/c1-9(2)6-12-16-10(3)14(22-12)15(20)17-4-5-21-11(8-17)7-13(18)19/h9,11H,4-8H2,1-3H3,(H,18,19)/t11-/m1/s1. The first kappa shape index (κ1) is 16.9. The summed E-state index contributed by atoms with van der Waals surface area (Å²) in [5.74, 6) is -0.479. The molecule has 122 valence electrons. The van der Waals surface area contributed by atoms with E-state index in [-0.39, 0.29) is 12.3 Å². The van der Waals surface area contributed by atoms with E-state index >= 15 is 0 Å². The van der Waals surface area contributed by atoms with Crippen LogP contribution in [0.3, 0.4) is 0 Å². The molecule has 1 aliphatic rings. The van der Waals surface area contributed by atoms with E-state index in [9.17, 15) is 9.59 Å². The first-order chi connectivity index (χ1) is 10.4. The average molecular weight is 326 g/mol. The van der Waals surface area contributed by atoms with Crippen LogP contribution in [-0.4, -0.2) is 52.7 Å². The van der Waals surface area contributed by atoms with Gasteiger partial charge in [0.15, 0.2) is 0 Å². The molecular formula is C15H22N2O4S. The number of nitrogens with zero attached hydrogens (tertiary/aromatic N) is 2. The molecular weight excluding hydrogens is 304 g/mol. The Bertz CT molecular complexity index is 556. The van der Waals surface area contributed by atoms with Gasteiger partial charge in [-0.25, -0.2) is 4.98 Å². The zero-order valence-corrected chi connectivity index (χ0v) is 14.0. The van der Waals surface area contributed by atoms with Crippen LogP contribution in [0.25, 0.3) is 0 Å². The topological polar surface area (TPSA) is 79.7 Å². The van der Waals surface area contributed by atoms with E-state index in [1.54, 1.807) is 4.90 Å². The maximum Gasteiger partial charge on any atom is 0.306 e. The van der Waals surface area contributed by atoms with Crippen LogP contribution in [-0.2, 0) is 16.0 Å².